The molecule has 0 aliphatic carbocycles. The molecule has 0 saturated carbocycles. The number of unbranched alkanes of at least 4 members (excludes halogenated alkanes) is 5. The normalized spacial score (nSPS) is 17.8. The van der Waals surface area contributed by atoms with Crippen molar-refractivity contribution in [3.05, 3.63) is 0 Å². The van der Waals surface area contributed by atoms with Gasteiger partial charge in [0, 0.05) is 13.1 Å². The van der Waals surface area contributed by atoms with Crippen molar-refractivity contribution in [2.24, 2.45) is 0 Å². The molecule has 1 heterocycles. The van der Waals surface area contributed by atoms with Crippen LogP contribution < -0.4 is 5.32 Å². The van der Waals surface area contributed by atoms with Gasteiger partial charge in [0.1, 0.15) is 0 Å². The van der Waals surface area contributed by atoms with Crippen LogP contribution in [0.2, 0.25) is 0 Å². The molecule has 0 radical (unpaired) electrons. The van der Waals surface area contributed by atoms with Gasteiger partial charge in [-0.1, -0.05) is 51.9 Å². The van der Waals surface area contributed by atoms with Gasteiger partial charge in [0.25, 0.3) is 0 Å². The monoisotopic (exact) mass is 254 g/mol. The molecular formula is C16H34N2. The summed E-state index contributed by atoms with van der Waals surface area (Å²) >= 11 is 0. The molecule has 1 N–H and O–H groups in total. The second kappa shape index (κ2) is 12.0. The van der Waals surface area contributed by atoms with Crippen LogP contribution in [0.3, 0.4) is 0 Å². The van der Waals surface area contributed by atoms with Crippen LogP contribution in [-0.2, 0) is 0 Å². The van der Waals surface area contributed by atoms with Crippen LogP contribution in [0.15, 0.2) is 0 Å². The number of nitrogens with one attached hydrogen (secondary N) is 1. The Morgan fingerprint density at radius 2 is 1.44 bits per heavy atom. The number of hydrogen-bond acceptors (Lipinski definition) is 2. The molecule has 0 aromatic rings. The molecule has 0 bridgehead atoms. The van der Waals surface area contributed by atoms with E-state index < -0.39 is 0 Å². The lowest BCUT2D eigenvalue weighted by Gasteiger charge is -2.19. The Morgan fingerprint density at radius 1 is 0.778 bits per heavy atom. The van der Waals surface area contributed by atoms with Gasteiger partial charge in [-0.3, -0.25) is 0 Å². The molecular weight excluding hydrogens is 220 g/mol. The molecule has 2 nitrogen and oxygen atoms in total. The fraction of sp³-hybridized carbons (Fsp3) is 1.00. The summed E-state index contributed by atoms with van der Waals surface area (Å²) in [5.41, 5.74) is 0. The summed E-state index contributed by atoms with van der Waals surface area (Å²) < 4.78 is 0. The summed E-state index contributed by atoms with van der Waals surface area (Å²) in [6, 6.07) is 0. The first-order chi connectivity index (χ1) is 8.93. The zero-order valence-electron chi connectivity index (χ0n) is 12.6. The van der Waals surface area contributed by atoms with Gasteiger partial charge in [-0.25, -0.2) is 0 Å². The molecule has 1 aliphatic heterocycles. The summed E-state index contributed by atoms with van der Waals surface area (Å²) in [6.07, 6.45) is 14.1. The Bertz CT molecular complexity index is 162. The average Bonchev–Trinajstić information content (AvgIpc) is 2.65. The zero-order chi connectivity index (χ0) is 12.9. The van der Waals surface area contributed by atoms with Crippen molar-refractivity contribution >= 4 is 0 Å². The minimum Gasteiger partial charge on any atom is -0.315 e. The van der Waals surface area contributed by atoms with Gasteiger partial charge < -0.3 is 10.2 Å². The highest BCUT2D eigenvalue weighted by atomic mass is 15.1. The largest absolute Gasteiger partial charge is 0.315 e. The first-order valence-electron chi connectivity index (χ1n) is 8.36. The lowest BCUT2D eigenvalue weighted by molar-refractivity contribution is 0.284. The average molecular weight is 254 g/mol. The number of likely N-dealkylation sites (tertiary alicyclic amines) is 1. The highest BCUT2D eigenvalue weighted by Gasteiger charge is 2.07. The van der Waals surface area contributed by atoms with E-state index in [1.165, 1.54) is 96.9 Å². The summed E-state index contributed by atoms with van der Waals surface area (Å²) in [7, 11) is 0. The number of hydrogen-bond donors (Lipinski definition) is 1. The molecule has 18 heavy (non-hydrogen) atoms. The maximum Gasteiger partial charge on any atom is 0.0107 e. The highest BCUT2D eigenvalue weighted by molar-refractivity contribution is 4.64. The molecule has 0 atom stereocenters. The van der Waals surface area contributed by atoms with Gasteiger partial charge in [-0.05, 0) is 38.9 Å². The van der Waals surface area contributed by atoms with E-state index in [1.807, 2.05) is 0 Å². The minimum absolute atomic E-state index is 1.19. The quantitative estimate of drug-likeness (QED) is 0.596. The third kappa shape index (κ3) is 8.93. The molecule has 1 aliphatic rings. The molecule has 1 fully saturated rings. The Labute approximate surface area is 115 Å². The van der Waals surface area contributed by atoms with Crippen molar-refractivity contribution in [3.63, 3.8) is 0 Å². The van der Waals surface area contributed by atoms with Gasteiger partial charge in [0.2, 0.25) is 0 Å². The Balaban J connectivity index is 1.80. The van der Waals surface area contributed by atoms with Crippen LogP contribution in [0.1, 0.15) is 71.1 Å². The second-order valence-electron chi connectivity index (χ2n) is 5.77. The molecule has 0 aromatic heterocycles. The Hall–Kier alpha value is -0.0800. The molecule has 1 rings (SSSR count). The number of nitrogens with zero attached hydrogens (tertiary/aromatic N) is 1. The van der Waals surface area contributed by atoms with E-state index >= 15 is 0 Å². The van der Waals surface area contributed by atoms with Crippen molar-refractivity contribution in [1.82, 2.24) is 10.2 Å². The lowest BCUT2D eigenvalue weighted by atomic mass is 10.1. The van der Waals surface area contributed by atoms with Crippen molar-refractivity contribution in [1.29, 1.82) is 0 Å². The lowest BCUT2D eigenvalue weighted by Crippen LogP contribution is -2.33. The van der Waals surface area contributed by atoms with Gasteiger partial charge in [0.05, 0.1) is 0 Å². The zero-order valence-corrected chi connectivity index (χ0v) is 12.6. The first kappa shape index (κ1) is 16.0. The first-order valence-corrected chi connectivity index (χ1v) is 8.36. The SMILES string of the molecule is CCCCCCCCNCCN1CCCCCC1. The molecule has 108 valence electrons. The summed E-state index contributed by atoms with van der Waals surface area (Å²) in [5.74, 6) is 0. The molecule has 2 heteroatoms. The van der Waals surface area contributed by atoms with Crippen molar-refractivity contribution in [2.45, 2.75) is 71.1 Å². The molecule has 0 spiro atoms. The summed E-state index contributed by atoms with van der Waals surface area (Å²) in [6.45, 7) is 8.62. The van der Waals surface area contributed by atoms with Crippen LogP contribution in [0, 0.1) is 0 Å². The fourth-order valence-corrected chi connectivity index (χ4v) is 2.75. The van der Waals surface area contributed by atoms with E-state index in [2.05, 4.69) is 17.1 Å². The second-order valence-corrected chi connectivity index (χ2v) is 5.77. The molecule has 0 aromatic carbocycles. The molecule has 0 unspecified atom stereocenters. The van der Waals surface area contributed by atoms with Crippen LogP contribution >= 0.6 is 0 Å². The standard InChI is InChI=1S/C16H34N2/c1-2-3-4-5-6-9-12-17-13-16-18-14-10-7-8-11-15-18/h17H,2-16H2,1H3. The van der Waals surface area contributed by atoms with Crippen LogP contribution in [0.25, 0.3) is 0 Å². The number of rotatable bonds is 10. The maximum absolute atomic E-state index is 3.60. The van der Waals surface area contributed by atoms with Gasteiger partial charge in [-0.15, -0.1) is 0 Å². The highest BCUT2D eigenvalue weighted by Crippen LogP contribution is 2.08. The van der Waals surface area contributed by atoms with E-state index in [9.17, 15) is 0 Å². The van der Waals surface area contributed by atoms with Gasteiger partial charge in [-0.2, -0.15) is 0 Å². The predicted octanol–water partition coefficient (Wildman–Crippen LogP) is 3.81. The Morgan fingerprint density at radius 3 is 2.17 bits per heavy atom. The Kier molecular flexibility index (Phi) is 10.6. The van der Waals surface area contributed by atoms with Crippen molar-refractivity contribution < 1.29 is 0 Å². The van der Waals surface area contributed by atoms with E-state index in [0.717, 1.165) is 0 Å². The van der Waals surface area contributed by atoms with E-state index in [-0.39, 0.29) is 0 Å². The van der Waals surface area contributed by atoms with Crippen molar-refractivity contribution in [3.8, 4) is 0 Å². The minimum atomic E-state index is 1.19. The fourth-order valence-electron chi connectivity index (χ4n) is 2.75. The summed E-state index contributed by atoms with van der Waals surface area (Å²) in [4.78, 5) is 2.64. The topological polar surface area (TPSA) is 15.3 Å². The van der Waals surface area contributed by atoms with Crippen LogP contribution in [0.5, 0.6) is 0 Å². The predicted molar refractivity (Wildman–Crippen MR) is 81.2 cm³/mol. The third-order valence-electron chi connectivity index (χ3n) is 4.01. The smallest absolute Gasteiger partial charge is 0.0107 e. The van der Waals surface area contributed by atoms with Crippen molar-refractivity contribution in [2.75, 3.05) is 32.7 Å². The van der Waals surface area contributed by atoms with E-state index in [0.29, 0.717) is 0 Å². The summed E-state index contributed by atoms with van der Waals surface area (Å²) in [5, 5.41) is 3.60. The molecule has 0 amide bonds. The van der Waals surface area contributed by atoms with Gasteiger partial charge in [0.15, 0.2) is 0 Å². The maximum atomic E-state index is 3.60. The van der Waals surface area contributed by atoms with E-state index in [4.69, 9.17) is 0 Å². The van der Waals surface area contributed by atoms with Crippen LogP contribution in [-0.4, -0.2) is 37.6 Å². The molecule has 1 saturated heterocycles. The van der Waals surface area contributed by atoms with Gasteiger partial charge >= 0.3 is 0 Å². The van der Waals surface area contributed by atoms with Crippen LogP contribution in [0.4, 0.5) is 0 Å². The van der Waals surface area contributed by atoms with E-state index in [1.54, 1.807) is 0 Å². The third-order valence-corrected chi connectivity index (χ3v) is 4.01.